The smallest absolute Gasteiger partial charge is 0.344 e. The summed E-state index contributed by atoms with van der Waals surface area (Å²) in [4.78, 5) is 22.4. The Kier molecular flexibility index (Phi) is 3.43. The van der Waals surface area contributed by atoms with E-state index in [9.17, 15) is 9.59 Å². The molecular weight excluding hydrogens is 258 g/mol. The molecule has 0 saturated carbocycles. The van der Waals surface area contributed by atoms with Crippen molar-refractivity contribution in [3.8, 4) is 11.3 Å². The van der Waals surface area contributed by atoms with Gasteiger partial charge in [0.15, 0.2) is 6.29 Å². The van der Waals surface area contributed by atoms with Crippen LogP contribution in [-0.2, 0) is 4.74 Å². The molecule has 0 amide bonds. The van der Waals surface area contributed by atoms with Crippen LogP contribution < -0.4 is 0 Å². The zero-order valence-corrected chi connectivity index (χ0v) is 10.1. The van der Waals surface area contributed by atoms with Crippen LogP contribution in [0.5, 0.6) is 0 Å². The summed E-state index contributed by atoms with van der Waals surface area (Å²) in [5, 5.41) is 4.09. The summed E-state index contributed by atoms with van der Waals surface area (Å²) >= 11 is 6.01. The van der Waals surface area contributed by atoms with E-state index in [-0.39, 0.29) is 17.0 Å². The predicted molar refractivity (Wildman–Crippen MR) is 63.7 cm³/mol. The zero-order chi connectivity index (χ0) is 13.1. The first-order chi connectivity index (χ1) is 8.69. The second kappa shape index (κ2) is 5.01. The third kappa shape index (κ3) is 2.00. The summed E-state index contributed by atoms with van der Waals surface area (Å²) in [5.41, 5.74) is 0.659. The van der Waals surface area contributed by atoms with Crippen molar-refractivity contribution in [1.82, 2.24) is 5.16 Å². The van der Waals surface area contributed by atoms with E-state index in [1.807, 2.05) is 0 Å². The van der Waals surface area contributed by atoms with Gasteiger partial charge >= 0.3 is 5.97 Å². The van der Waals surface area contributed by atoms with Crippen molar-refractivity contribution in [2.24, 2.45) is 0 Å². The van der Waals surface area contributed by atoms with E-state index in [0.29, 0.717) is 16.9 Å². The number of carbonyl (C=O) groups excluding carboxylic acids is 2. The number of esters is 1. The lowest BCUT2D eigenvalue weighted by Gasteiger charge is -2.02. The largest absolute Gasteiger partial charge is 0.465 e. The minimum absolute atomic E-state index is 0.0272. The summed E-state index contributed by atoms with van der Waals surface area (Å²) in [6.07, 6.45) is 0.402. The van der Waals surface area contributed by atoms with Gasteiger partial charge in [-0.25, -0.2) is 4.79 Å². The molecule has 0 unspecified atom stereocenters. The Morgan fingerprint density at radius 1 is 1.44 bits per heavy atom. The fourth-order valence-electron chi connectivity index (χ4n) is 1.52. The molecule has 18 heavy (non-hydrogen) atoms. The van der Waals surface area contributed by atoms with E-state index in [1.54, 1.807) is 24.3 Å². The lowest BCUT2D eigenvalue weighted by Crippen LogP contribution is -2.04. The monoisotopic (exact) mass is 265 g/mol. The van der Waals surface area contributed by atoms with Crippen molar-refractivity contribution in [3.63, 3.8) is 0 Å². The Balaban J connectivity index is 2.65. The molecule has 1 heterocycles. The van der Waals surface area contributed by atoms with E-state index in [1.165, 1.54) is 7.11 Å². The van der Waals surface area contributed by atoms with E-state index in [4.69, 9.17) is 16.1 Å². The first kappa shape index (κ1) is 12.3. The highest BCUT2D eigenvalue weighted by atomic mass is 35.5. The third-order valence-electron chi connectivity index (χ3n) is 2.34. The maximum Gasteiger partial charge on any atom is 0.344 e. The molecule has 2 aromatic rings. The van der Waals surface area contributed by atoms with Gasteiger partial charge in [-0.05, 0) is 6.07 Å². The number of hydrogen-bond acceptors (Lipinski definition) is 5. The number of halogens is 1. The van der Waals surface area contributed by atoms with Crippen LogP contribution in [0.3, 0.4) is 0 Å². The van der Waals surface area contributed by atoms with Gasteiger partial charge in [0, 0.05) is 5.56 Å². The van der Waals surface area contributed by atoms with Crippen LogP contribution in [0.1, 0.15) is 20.9 Å². The molecule has 5 nitrogen and oxygen atoms in total. The van der Waals surface area contributed by atoms with Crippen LogP contribution in [0, 0.1) is 0 Å². The lowest BCUT2D eigenvalue weighted by molar-refractivity contribution is 0.0597. The second-order valence-corrected chi connectivity index (χ2v) is 3.77. The molecule has 0 aliphatic heterocycles. The zero-order valence-electron chi connectivity index (χ0n) is 9.34. The van der Waals surface area contributed by atoms with Gasteiger partial charge in [-0.3, -0.25) is 4.79 Å². The lowest BCUT2D eigenvalue weighted by atomic mass is 10.1. The number of methoxy groups -OCH3 is 1. The van der Waals surface area contributed by atoms with Gasteiger partial charge in [-0.15, -0.1) is 0 Å². The van der Waals surface area contributed by atoms with Gasteiger partial charge < -0.3 is 9.26 Å². The Hall–Kier alpha value is -2.14. The van der Waals surface area contributed by atoms with Crippen LogP contribution in [0.4, 0.5) is 0 Å². The van der Waals surface area contributed by atoms with Crippen molar-refractivity contribution in [2.75, 3.05) is 7.11 Å². The topological polar surface area (TPSA) is 69.4 Å². The third-order valence-corrected chi connectivity index (χ3v) is 2.67. The number of hydrogen-bond donors (Lipinski definition) is 0. The molecule has 6 heteroatoms. The van der Waals surface area contributed by atoms with E-state index in [2.05, 4.69) is 9.89 Å². The van der Waals surface area contributed by atoms with E-state index >= 15 is 0 Å². The molecule has 0 aliphatic rings. The molecule has 0 atom stereocenters. The van der Waals surface area contributed by atoms with Gasteiger partial charge in [-0.1, -0.05) is 35.0 Å². The molecule has 0 fully saturated rings. The highest BCUT2D eigenvalue weighted by Crippen LogP contribution is 2.30. The summed E-state index contributed by atoms with van der Waals surface area (Å²) in [6, 6.07) is 6.79. The molecule has 0 N–H and O–H groups in total. The summed E-state index contributed by atoms with van der Waals surface area (Å²) in [7, 11) is 1.21. The minimum Gasteiger partial charge on any atom is -0.465 e. The summed E-state index contributed by atoms with van der Waals surface area (Å²) < 4.78 is 9.40. The predicted octanol–water partition coefficient (Wildman–Crippen LogP) is 2.59. The van der Waals surface area contributed by atoms with Crippen molar-refractivity contribution in [1.29, 1.82) is 0 Å². The summed E-state index contributed by atoms with van der Waals surface area (Å²) in [5.74, 6) is -0.884. The van der Waals surface area contributed by atoms with Crippen LogP contribution in [-0.4, -0.2) is 24.5 Å². The first-order valence-electron chi connectivity index (χ1n) is 4.97. The number of nitrogens with zero attached hydrogens (tertiary/aromatic N) is 1. The number of ether oxygens (including phenoxy) is 1. The fraction of sp³-hybridized carbons (Fsp3) is 0.0833. The Bertz CT molecular complexity index is 606. The minimum atomic E-state index is -0.701. The molecule has 2 rings (SSSR count). The van der Waals surface area contributed by atoms with Gasteiger partial charge in [0.2, 0.25) is 5.76 Å². The van der Waals surface area contributed by atoms with E-state index < -0.39 is 5.97 Å². The number of aromatic nitrogens is 1. The number of rotatable bonds is 3. The standard InChI is InChI=1S/C12H8ClNO4/c1-17-12(16)10-9(6-15)18-14-11(10)7-4-2-3-5-8(7)13/h2-6H,1H3. The molecule has 1 aromatic heterocycles. The highest BCUT2D eigenvalue weighted by molar-refractivity contribution is 6.33. The fourth-order valence-corrected chi connectivity index (χ4v) is 1.74. The van der Waals surface area contributed by atoms with Crippen molar-refractivity contribution < 1.29 is 18.8 Å². The Morgan fingerprint density at radius 2 is 2.17 bits per heavy atom. The average Bonchev–Trinajstić information content (AvgIpc) is 2.82. The molecule has 0 aliphatic carbocycles. The van der Waals surface area contributed by atoms with Crippen molar-refractivity contribution >= 4 is 23.9 Å². The van der Waals surface area contributed by atoms with Crippen molar-refractivity contribution in [2.45, 2.75) is 0 Å². The molecule has 0 bridgehead atoms. The Labute approximate surface area is 107 Å². The first-order valence-corrected chi connectivity index (χ1v) is 5.35. The molecule has 0 radical (unpaired) electrons. The molecule has 0 saturated heterocycles. The summed E-state index contributed by atoms with van der Waals surface area (Å²) in [6.45, 7) is 0. The van der Waals surface area contributed by atoms with Crippen LogP contribution in [0.2, 0.25) is 5.02 Å². The maximum atomic E-state index is 11.6. The molecular formula is C12H8ClNO4. The van der Waals surface area contributed by atoms with Gasteiger partial charge in [-0.2, -0.15) is 0 Å². The van der Waals surface area contributed by atoms with Gasteiger partial charge in [0.25, 0.3) is 0 Å². The number of aldehydes is 1. The van der Waals surface area contributed by atoms with Crippen LogP contribution in [0.25, 0.3) is 11.3 Å². The Morgan fingerprint density at radius 3 is 2.78 bits per heavy atom. The highest BCUT2D eigenvalue weighted by Gasteiger charge is 2.25. The number of carbonyl (C=O) groups is 2. The number of benzene rings is 1. The quantitative estimate of drug-likeness (QED) is 0.630. The van der Waals surface area contributed by atoms with Gasteiger partial charge in [0.1, 0.15) is 11.3 Å². The molecule has 0 spiro atoms. The van der Waals surface area contributed by atoms with Gasteiger partial charge in [0.05, 0.1) is 12.1 Å². The SMILES string of the molecule is COC(=O)c1c(-c2ccccc2Cl)noc1C=O. The second-order valence-electron chi connectivity index (χ2n) is 3.36. The molecule has 1 aromatic carbocycles. The normalized spacial score (nSPS) is 10.1. The van der Waals surface area contributed by atoms with Crippen molar-refractivity contribution in [3.05, 3.63) is 40.6 Å². The maximum absolute atomic E-state index is 11.6. The molecule has 92 valence electrons. The van der Waals surface area contributed by atoms with Crippen LogP contribution >= 0.6 is 11.6 Å². The average molecular weight is 266 g/mol. The van der Waals surface area contributed by atoms with E-state index in [0.717, 1.165) is 0 Å². The van der Waals surface area contributed by atoms with Crippen LogP contribution in [0.15, 0.2) is 28.8 Å².